The molecule has 0 bridgehead atoms. The van der Waals surface area contributed by atoms with Crippen LogP contribution in [0.2, 0.25) is 0 Å². The van der Waals surface area contributed by atoms with Crippen LogP contribution in [-0.4, -0.2) is 40.0 Å². The quantitative estimate of drug-likeness (QED) is 0.883. The predicted octanol–water partition coefficient (Wildman–Crippen LogP) is 3.19. The number of pyridine rings is 1. The molecule has 126 valence electrons. The summed E-state index contributed by atoms with van der Waals surface area (Å²) in [6.45, 7) is 1.84. The van der Waals surface area contributed by atoms with E-state index >= 15 is 0 Å². The number of benzene rings is 1. The van der Waals surface area contributed by atoms with Crippen LogP contribution < -0.4 is 0 Å². The molecule has 3 rings (SSSR count). The van der Waals surface area contributed by atoms with Crippen LogP contribution in [0, 0.1) is 5.82 Å². The zero-order valence-electron chi connectivity index (χ0n) is 13.5. The SMILES string of the molecule is CCCN(CC(=O)O)C(=O)c1cc(C2CC2)nc2ccc(F)cc12. The number of fused-ring (bicyclic) bond motifs is 1. The summed E-state index contributed by atoms with van der Waals surface area (Å²) in [5.74, 6) is -1.56. The van der Waals surface area contributed by atoms with Gasteiger partial charge in [0.1, 0.15) is 12.4 Å². The highest BCUT2D eigenvalue weighted by Crippen LogP contribution is 2.40. The second-order valence-electron chi connectivity index (χ2n) is 6.15. The Morgan fingerprint density at radius 3 is 2.71 bits per heavy atom. The van der Waals surface area contributed by atoms with E-state index < -0.39 is 11.8 Å². The third kappa shape index (κ3) is 3.37. The van der Waals surface area contributed by atoms with Gasteiger partial charge in [-0.05, 0) is 43.5 Å². The molecule has 0 radical (unpaired) electrons. The highest BCUT2D eigenvalue weighted by Gasteiger charge is 2.28. The van der Waals surface area contributed by atoms with Gasteiger partial charge in [0.2, 0.25) is 0 Å². The van der Waals surface area contributed by atoms with Gasteiger partial charge in [-0.15, -0.1) is 0 Å². The zero-order chi connectivity index (χ0) is 17.3. The van der Waals surface area contributed by atoms with Crippen molar-refractivity contribution in [3.8, 4) is 0 Å². The Morgan fingerprint density at radius 1 is 1.33 bits per heavy atom. The number of carbonyl (C=O) groups is 2. The molecule has 2 aromatic rings. The topological polar surface area (TPSA) is 70.5 Å². The Labute approximate surface area is 139 Å². The minimum atomic E-state index is -1.07. The van der Waals surface area contributed by atoms with E-state index in [0.717, 1.165) is 18.5 Å². The monoisotopic (exact) mass is 330 g/mol. The van der Waals surface area contributed by atoms with Crippen LogP contribution in [0.4, 0.5) is 4.39 Å². The average molecular weight is 330 g/mol. The van der Waals surface area contributed by atoms with Crippen molar-refractivity contribution < 1.29 is 19.1 Å². The molecule has 1 aliphatic rings. The normalized spacial score (nSPS) is 13.9. The third-order valence-electron chi connectivity index (χ3n) is 4.12. The molecule has 1 fully saturated rings. The van der Waals surface area contributed by atoms with E-state index in [9.17, 15) is 14.0 Å². The van der Waals surface area contributed by atoms with Gasteiger partial charge in [-0.1, -0.05) is 6.92 Å². The lowest BCUT2D eigenvalue weighted by Crippen LogP contribution is -2.36. The first-order valence-electron chi connectivity index (χ1n) is 8.11. The van der Waals surface area contributed by atoms with Gasteiger partial charge in [0.05, 0.1) is 11.1 Å². The maximum absolute atomic E-state index is 13.7. The third-order valence-corrected chi connectivity index (χ3v) is 4.12. The van der Waals surface area contributed by atoms with Crippen molar-refractivity contribution in [3.05, 3.63) is 41.3 Å². The van der Waals surface area contributed by atoms with E-state index in [4.69, 9.17) is 5.11 Å². The number of amides is 1. The van der Waals surface area contributed by atoms with Gasteiger partial charge in [0.15, 0.2) is 0 Å². The first kappa shape index (κ1) is 16.4. The number of aromatic nitrogens is 1. The lowest BCUT2D eigenvalue weighted by molar-refractivity contribution is -0.137. The van der Waals surface area contributed by atoms with Crippen LogP contribution in [0.3, 0.4) is 0 Å². The summed E-state index contributed by atoms with van der Waals surface area (Å²) >= 11 is 0. The molecule has 1 aromatic heterocycles. The number of hydrogen-bond donors (Lipinski definition) is 1. The molecule has 0 aliphatic heterocycles. The highest BCUT2D eigenvalue weighted by molar-refractivity contribution is 6.07. The van der Waals surface area contributed by atoms with Gasteiger partial charge in [-0.2, -0.15) is 0 Å². The van der Waals surface area contributed by atoms with Crippen molar-refractivity contribution in [2.45, 2.75) is 32.1 Å². The van der Waals surface area contributed by atoms with Crippen molar-refractivity contribution in [1.29, 1.82) is 0 Å². The summed E-state index contributed by atoms with van der Waals surface area (Å²) in [6.07, 6.45) is 2.70. The Hall–Kier alpha value is -2.50. The molecule has 0 unspecified atom stereocenters. The van der Waals surface area contributed by atoms with E-state index in [1.54, 1.807) is 12.1 Å². The van der Waals surface area contributed by atoms with Crippen LogP contribution in [0.15, 0.2) is 24.3 Å². The fourth-order valence-electron chi connectivity index (χ4n) is 2.84. The molecule has 1 saturated carbocycles. The molecule has 1 heterocycles. The molecule has 0 atom stereocenters. The number of carboxylic acid groups (broad SMARTS) is 1. The number of rotatable bonds is 6. The molecule has 0 spiro atoms. The predicted molar refractivity (Wildman–Crippen MR) is 87.5 cm³/mol. The Balaban J connectivity index is 2.09. The van der Waals surface area contributed by atoms with Crippen molar-refractivity contribution >= 4 is 22.8 Å². The minimum Gasteiger partial charge on any atom is -0.480 e. The van der Waals surface area contributed by atoms with E-state index in [1.165, 1.54) is 17.0 Å². The number of nitrogens with zero attached hydrogens (tertiary/aromatic N) is 2. The van der Waals surface area contributed by atoms with Gasteiger partial charge >= 0.3 is 5.97 Å². The maximum atomic E-state index is 13.7. The maximum Gasteiger partial charge on any atom is 0.323 e. The van der Waals surface area contributed by atoms with Crippen molar-refractivity contribution in [1.82, 2.24) is 9.88 Å². The van der Waals surface area contributed by atoms with Crippen LogP contribution in [0.5, 0.6) is 0 Å². The number of aliphatic carboxylic acids is 1. The molecular weight excluding hydrogens is 311 g/mol. The molecule has 24 heavy (non-hydrogen) atoms. The van der Waals surface area contributed by atoms with Gasteiger partial charge < -0.3 is 10.0 Å². The molecule has 0 saturated heterocycles. The Morgan fingerprint density at radius 2 is 2.08 bits per heavy atom. The van der Waals surface area contributed by atoms with Crippen LogP contribution in [0.1, 0.15) is 48.2 Å². The van der Waals surface area contributed by atoms with Gasteiger partial charge in [0, 0.05) is 23.5 Å². The smallest absolute Gasteiger partial charge is 0.323 e. The summed E-state index contributed by atoms with van der Waals surface area (Å²) < 4.78 is 13.7. The first-order chi connectivity index (χ1) is 11.5. The highest BCUT2D eigenvalue weighted by atomic mass is 19.1. The second-order valence-corrected chi connectivity index (χ2v) is 6.15. The lowest BCUT2D eigenvalue weighted by Gasteiger charge is -2.21. The molecule has 5 nitrogen and oxygen atoms in total. The van der Waals surface area contributed by atoms with E-state index in [0.29, 0.717) is 35.3 Å². The van der Waals surface area contributed by atoms with Gasteiger partial charge in [-0.3, -0.25) is 14.6 Å². The Kier molecular flexibility index (Phi) is 4.46. The molecule has 1 amide bonds. The lowest BCUT2D eigenvalue weighted by atomic mass is 10.0. The largest absolute Gasteiger partial charge is 0.480 e. The number of halogens is 1. The summed E-state index contributed by atoms with van der Waals surface area (Å²) in [6, 6.07) is 5.87. The fraction of sp³-hybridized carbons (Fsp3) is 0.389. The molecule has 1 aromatic carbocycles. The first-order valence-corrected chi connectivity index (χ1v) is 8.11. The second kappa shape index (κ2) is 6.55. The average Bonchev–Trinajstić information content (AvgIpc) is 3.37. The zero-order valence-corrected chi connectivity index (χ0v) is 13.5. The molecule has 1 N–H and O–H groups in total. The fourth-order valence-corrected chi connectivity index (χ4v) is 2.84. The summed E-state index contributed by atoms with van der Waals surface area (Å²) in [4.78, 5) is 29.8. The minimum absolute atomic E-state index is 0.330. The van der Waals surface area contributed by atoms with Crippen LogP contribution in [0.25, 0.3) is 10.9 Å². The van der Waals surface area contributed by atoms with Crippen LogP contribution >= 0.6 is 0 Å². The summed E-state index contributed by atoms with van der Waals surface area (Å²) in [5.41, 5.74) is 1.72. The van der Waals surface area contributed by atoms with Crippen molar-refractivity contribution in [2.24, 2.45) is 0 Å². The Bertz CT molecular complexity index is 802. The molecule has 6 heteroatoms. The summed E-state index contributed by atoms with van der Waals surface area (Å²) in [7, 11) is 0. The molecular formula is C18H19FN2O3. The van der Waals surface area contributed by atoms with Gasteiger partial charge in [-0.25, -0.2) is 4.39 Å². The number of carboxylic acids is 1. The van der Waals surface area contributed by atoms with Crippen molar-refractivity contribution in [2.75, 3.05) is 13.1 Å². The summed E-state index contributed by atoms with van der Waals surface area (Å²) in [5, 5.41) is 9.48. The van der Waals surface area contributed by atoms with E-state index in [2.05, 4.69) is 4.98 Å². The molecule has 1 aliphatic carbocycles. The van der Waals surface area contributed by atoms with Gasteiger partial charge in [0.25, 0.3) is 5.91 Å². The standard InChI is InChI=1S/C18H19FN2O3/c1-2-7-21(10-17(22)23)18(24)14-9-16(11-3-4-11)20-15-6-5-12(19)8-13(14)15/h5-6,8-9,11H,2-4,7,10H2,1H3,(H,22,23). The van der Waals surface area contributed by atoms with E-state index in [-0.39, 0.29) is 12.5 Å². The number of carbonyl (C=O) groups excluding carboxylic acids is 1. The van der Waals surface area contributed by atoms with Crippen LogP contribution in [-0.2, 0) is 4.79 Å². The van der Waals surface area contributed by atoms with Crippen molar-refractivity contribution in [3.63, 3.8) is 0 Å². The van der Waals surface area contributed by atoms with E-state index in [1.807, 2.05) is 6.92 Å². The number of hydrogen-bond acceptors (Lipinski definition) is 3.